The molecule has 0 saturated carbocycles. The molecular weight excluding hydrogens is 228 g/mol. The quantitative estimate of drug-likeness (QED) is 0.609. The van der Waals surface area contributed by atoms with Crippen LogP contribution in [0, 0.1) is 5.92 Å². The molecule has 0 bridgehead atoms. The maximum Gasteiger partial charge on any atom is 0.201 e. The average molecular weight is 248 g/mol. The Morgan fingerprint density at radius 2 is 2.22 bits per heavy atom. The number of hydrogen-bond acceptors (Lipinski definition) is 4. The molecule has 0 spiro atoms. The molecule has 1 aromatic heterocycles. The van der Waals surface area contributed by atoms with Gasteiger partial charge in [-0.05, 0) is 30.5 Å². The van der Waals surface area contributed by atoms with E-state index in [1.165, 1.54) is 0 Å². The van der Waals surface area contributed by atoms with Crippen molar-refractivity contribution in [2.24, 2.45) is 5.92 Å². The minimum absolute atomic E-state index is 0.0166. The van der Waals surface area contributed by atoms with Crippen molar-refractivity contribution in [1.29, 1.82) is 0 Å². The van der Waals surface area contributed by atoms with Crippen LogP contribution in [0.4, 0.5) is 11.6 Å². The van der Waals surface area contributed by atoms with E-state index in [0.29, 0.717) is 17.6 Å². The summed E-state index contributed by atoms with van der Waals surface area (Å²) in [6.45, 7) is 4.35. The Kier molecular flexibility index (Phi) is 3.72. The lowest BCUT2D eigenvalue weighted by Gasteiger charge is -2.17. The molecule has 2 aromatic rings. The van der Waals surface area contributed by atoms with Crippen LogP contribution in [0.1, 0.15) is 20.3 Å². The molecule has 5 N–H and O–H groups in total. The van der Waals surface area contributed by atoms with Crippen molar-refractivity contribution >= 4 is 22.7 Å². The van der Waals surface area contributed by atoms with Gasteiger partial charge in [0, 0.05) is 5.69 Å². The topological polar surface area (TPSA) is 87.0 Å². The number of aliphatic hydroxyl groups excluding tert-OH is 1. The SMILES string of the molecule is CC(C)CC(CO)Nc1nc2ccc(N)cc2[nH]1. The smallest absolute Gasteiger partial charge is 0.201 e. The molecule has 0 radical (unpaired) electrons. The van der Waals surface area contributed by atoms with E-state index in [0.717, 1.165) is 17.5 Å². The summed E-state index contributed by atoms with van der Waals surface area (Å²) in [4.78, 5) is 7.58. The van der Waals surface area contributed by atoms with E-state index in [9.17, 15) is 5.11 Å². The Hall–Kier alpha value is -1.75. The second-order valence-electron chi connectivity index (χ2n) is 5.02. The molecule has 0 aliphatic heterocycles. The van der Waals surface area contributed by atoms with E-state index in [2.05, 4.69) is 29.1 Å². The predicted molar refractivity (Wildman–Crippen MR) is 74.5 cm³/mol. The summed E-state index contributed by atoms with van der Waals surface area (Å²) >= 11 is 0. The van der Waals surface area contributed by atoms with Crippen molar-refractivity contribution < 1.29 is 5.11 Å². The minimum atomic E-state index is 0.0166. The van der Waals surface area contributed by atoms with Crippen molar-refractivity contribution in [3.63, 3.8) is 0 Å². The predicted octanol–water partition coefficient (Wildman–Crippen LogP) is 1.96. The first kappa shape index (κ1) is 12.7. The third-order valence-corrected chi connectivity index (χ3v) is 2.82. The molecule has 0 fully saturated rings. The first-order chi connectivity index (χ1) is 8.58. The molecule has 0 amide bonds. The second kappa shape index (κ2) is 5.27. The van der Waals surface area contributed by atoms with Gasteiger partial charge in [0.25, 0.3) is 0 Å². The number of fused-ring (bicyclic) bond motifs is 1. The van der Waals surface area contributed by atoms with E-state index in [1.807, 2.05) is 18.2 Å². The minimum Gasteiger partial charge on any atom is -0.399 e. The Labute approximate surface area is 106 Å². The fourth-order valence-electron chi connectivity index (χ4n) is 2.04. The number of rotatable bonds is 5. The number of benzene rings is 1. The van der Waals surface area contributed by atoms with Crippen LogP contribution in [-0.2, 0) is 0 Å². The zero-order valence-electron chi connectivity index (χ0n) is 10.8. The number of nitrogen functional groups attached to an aromatic ring is 1. The highest BCUT2D eigenvalue weighted by molar-refractivity contribution is 5.80. The molecule has 0 aliphatic carbocycles. The summed E-state index contributed by atoms with van der Waals surface area (Å²) in [5.41, 5.74) is 8.20. The maximum atomic E-state index is 9.33. The third kappa shape index (κ3) is 2.92. The Morgan fingerprint density at radius 3 is 2.89 bits per heavy atom. The fourth-order valence-corrected chi connectivity index (χ4v) is 2.04. The van der Waals surface area contributed by atoms with E-state index < -0.39 is 0 Å². The molecule has 1 unspecified atom stereocenters. The van der Waals surface area contributed by atoms with E-state index in [-0.39, 0.29) is 12.6 Å². The lowest BCUT2D eigenvalue weighted by atomic mass is 10.0. The van der Waals surface area contributed by atoms with Crippen LogP contribution in [0.2, 0.25) is 0 Å². The molecule has 1 heterocycles. The molecule has 1 aromatic carbocycles. The van der Waals surface area contributed by atoms with Crippen LogP contribution in [0.25, 0.3) is 11.0 Å². The number of nitrogens with one attached hydrogen (secondary N) is 2. The third-order valence-electron chi connectivity index (χ3n) is 2.82. The molecule has 0 aliphatic rings. The Morgan fingerprint density at radius 1 is 1.44 bits per heavy atom. The molecule has 2 rings (SSSR count). The molecular formula is C13H20N4O. The summed E-state index contributed by atoms with van der Waals surface area (Å²) in [7, 11) is 0. The van der Waals surface area contributed by atoms with E-state index >= 15 is 0 Å². The van der Waals surface area contributed by atoms with Crippen molar-refractivity contribution in [2.45, 2.75) is 26.3 Å². The van der Waals surface area contributed by atoms with Gasteiger partial charge in [-0.15, -0.1) is 0 Å². The van der Waals surface area contributed by atoms with Crippen LogP contribution >= 0.6 is 0 Å². The molecule has 5 nitrogen and oxygen atoms in total. The van der Waals surface area contributed by atoms with Crippen molar-refractivity contribution in [3.8, 4) is 0 Å². The number of anilines is 2. The highest BCUT2D eigenvalue weighted by Crippen LogP contribution is 2.18. The zero-order valence-corrected chi connectivity index (χ0v) is 10.8. The van der Waals surface area contributed by atoms with Gasteiger partial charge in [-0.25, -0.2) is 4.98 Å². The van der Waals surface area contributed by atoms with Gasteiger partial charge in [-0.3, -0.25) is 0 Å². The Balaban J connectivity index is 2.15. The van der Waals surface area contributed by atoms with Gasteiger partial charge in [0.2, 0.25) is 5.95 Å². The lowest BCUT2D eigenvalue weighted by Crippen LogP contribution is -2.26. The summed E-state index contributed by atoms with van der Waals surface area (Å²) in [5, 5.41) is 12.5. The normalized spacial score (nSPS) is 13.1. The number of nitrogens with two attached hydrogens (primary N) is 1. The maximum absolute atomic E-state index is 9.33. The van der Waals surface area contributed by atoms with Gasteiger partial charge in [0.1, 0.15) is 0 Å². The largest absolute Gasteiger partial charge is 0.399 e. The van der Waals surface area contributed by atoms with Crippen LogP contribution in [0.5, 0.6) is 0 Å². The molecule has 98 valence electrons. The van der Waals surface area contributed by atoms with Crippen molar-refractivity contribution in [2.75, 3.05) is 17.7 Å². The van der Waals surface area contributed by atoms with Crippen molar-refractivity contribution in [1.82, 2.24) is 9.97 Å². The molecule has 18 heavy (non-hydrogen) atoms. The van der Waals surface area contributed by atoms with Gasteiger partial charge >= 0.3 is 0 Å². The summed E-state index contributed by atoms with van der Waals surface area (Å²) < 4.78 is 0. The van der Waals surface area contributed by atoms with E-state index in [4.69, 9.17) is 5.73 Å². The number of aromatic nitrogens is 2. The van der Waals surface area contributed by atoms with Gasteiger partial charge in [0.15, 0.2) is 0 Å². The number of nitrogens with zero attached hydrogens (tertiary/aromatic N) is 1. The first-order valence-corrected chi connectivity index (χ1v) is 6.21. The van der Waals surface area contributed by atoms with Gasteiger partial charge in [0.05, 0.1) is 23.7 Å². The van der Waals surface area contributed by atoms with Crippen LogP contribution in [-0.4, -0.2) is 27.7 Å². The van der Waals surface area contributed by atoms with Gasteiger partial charge in [-0.2, -0.15) is 0 Å². The lowest BCUT2D eigenvalue weighted by molar-refractivity contribution is 0.259. The highest BCUT2D eigenvalue weighted by atomic mass is 16.3. The highest BCUT2D eigenvalue weighted by Gasteiger charge is 2.11. The number of imidazole rings is 1. The van der Waals surface area contributed by atoms with E-state index in [1.54, 1.807) is 0 Å². The van der Waals surface area contributed by atoms with Crippen LogP contribution < -0.4 is 11.1 Å². The second-order valence-corrected chi connectivity index (χ2v) is 5.02. The number of hydrogen-bond donors (Lipinski definition) is 4. The van der Waals surface area contributed by atoms with Gasteiger partial charge < -0.3 is 21.1 Å². The summed E-state index contributed by atoms with van der Waals surface area (Å²) in [5.74, 6) is 1.20. The standard InChI is InChI=1S/C13H20N4O/c1-8(2)5-10(7-18)15-13-16-11-4-3-9(14)6-12(11)17-13/h3-4,6,8,10,18H,5,7,14H2,1-2H3,(H2,15,16,17). The monoisotopic (exact) mass is 248 g/mol. The summed E-state index contributed by atoms with van der Waals surface area (Å²) in [6.07, 6.45) is 0.898. The molecule has 0 saturated heterocycles. The number of H-pyrrole nitrogens is 1. The van der Waals surface area contributed by atoms with Gasteiger partial charge in [-0.1, -0.05) is 13.8 Å². The number of aliphatic hydroxyl groups is 1. The zero-order chi connectivity index (χ0) is 13.1. The van der Waals surface area contributed by atoms with Crippen LogP contribution in [0.3, 0.4) is 0 Å². The summed E-state index contributed by atoms with van der Waals surface area (Å²) in [6, 6.07) is 5.57. The fraction of sp³-hybridized carbons (Fsp3) is 0.462. The van der Waals surface area contributed by atoms with Crippen LogP contribution in [0.15, 0.2) is 18.2 Å². The first-order valence-electron chi connectivity index (χ1n) is 6.21. The number of aromatic amines is 1. The van der Waals surface area contributed by atoms with Crippen molar-refractivity contribution in [3.05, 3.63) is 18.2 Å². The molecule has 5 heteroatoms. The molecule has 1 atom stereocenters. The average Bonchev–Trinajstić information content (AvgIpc) is 2.68. The Bertz CT molecular complexity index is 521.